The Balaban J connectivity index is 3.32. The Morgan fingerprint density at radius 2 is 0.900 bits per heavy atom. The highest BCUT2D eigenvalue weighted by Gasteiger charge is 2.25. The molecule has 0 fully saturated rings. The lowest BCUT2D eigenvalue weighted by atomic mass is 10.1. The van der Waals surface area contributed by atoms with E-state index in [1.165, 1.54) is 82.3 Å². The summed E-state index contributed by atoms with van der Waals surface area (Å²) < 4.78 is 0. The first-order chi connectivity index (χ1) is 9.74. The van der Waals surface area contributed by atoms with Gasteiger partial charge in [0.2, 0.25) is 0 Å². The van der Waals surface area contributed by atoms with E-state index in [1.807, 2.05) is 0 Å². The summed E-state index contributed by atoms with van der Waals surface area (Å²) in [4.78, 5) is 0. The molecular weight excluding hydrogens is 258 g/mol. The maximum atomic E-state index is 5.50. The number of rotatable bonds is 15. The van der Waals surface area contributed by atoms with Crippen molar-refractivity contribution in [1.29, 1.82) is 0 Å². The minimum Gasteiger partial charge on any atom is -0.330 e. The second-order valence-corrected chi connectivity index (χ2v) is 12.3. The highest BCUT2D eigenvalue weighted by atomic mass is 28.3. The Hall–Kier alpha value is 0.177. The summed E-state index contributed by atoms with van der Waals surface area (Å²) in [5.74, 6) is 0. The largest absolute Gasteiger partial charge is 0.330 e. The molecule has 0 rings (SSSR count). The van der Waals surface area contributed by atoms with Crippen molar-refractivity contribution in [3.05, 3.63) is 0 Å². The molecule has 0 aromatic heterocycles. The first-order valence-corrected chi connectivity index (χ1v) is 12.3. The van der Waals surface area contributed by atoms with Gasteiger partial charge in [-0.1, -0.05) is 103 Å². The zero-order valence-corrected chi connectivity index (χ0v) is 15.7. The molecule has 122 valence electrons. The molecule has 0 spiro atoms. The third-order valence-electron chi connectivity index (χ3n) is 5.41. The highest BCUT2D eigenvalue weighted by Crippen LogP contribution is 2.27. The van der Waals surface area contributed by atoms with Crippen LogP contribution in [0.3, 0.4) is 0 Å². The van der Waals surface area contributed by atoms with Crippen molar-refractivity contribution in [2.45, 2.75) is 109 Å². The summed E-state index contributed by atoms with van der Waals surface area (Å²) in [6.45, 7) is 8.18. The molecule has 1 nitrogen and oxygen atoms in total. The fourth-order valence-corrected chi connectivity index (χ4v) is 6.90. The van der Waals surface area contributed by atoms with Gasteiger partial charge in [0.1, 0.15) is 0 Å². The average Bonchev–Trinajstić information content (AvgIpc) is 2.49. The van der Waals surface area contributed by atoms with Crippen molar-refractivity contribution >= 4 is 8.07 Å². The molecule has 0 unspecified atom stereocenters. The molecule has 0 bridgehead atoms. The van der Waals surface area contributed by atoms with Crippen molar-refractivity contribution < 1.29 is 0 Å². The monoisotopic (exact) mass is 299 g/mol. The van der Waals surface area contributed by atoms with E-state index in [0.717, 1.165) is 6.54 Å². The molecule has 0 amide bonds. The van der Waals surface area contributed by atoms with E-state index < -0.39 is 8.07 Å². The Morgan fingerprint density at radius 1 is 0.550 bits per heavy atom. The van der Waals surface area contributed by atoms with E-state index in [1.54, 1.807) is 6.04 Å². The van der Waals surface area contributed by atoms with Crippen molar-refractivity contribution in [2.24, 2.45) is 5.73 Å². The summed E-state index contributed by atoms with van der Waals surface area (Å²) in [7, 11) is -0.822. The molecule has 20 heavy (non-hydrogen) atoms. The van der Waals surface area contributed by atoms with Crippen LogP contribution in [0.4, 0.5) is 0 Å². The SMILES string of the molecule is CC[Si](CC)(CC)CCCCCCCCCCCCN. The van der Waals surface area contributed by atoms with Crippen LogP contribution >= 0.6 is 0 Å². The third kappa shape index (κ3) is 9.98. The maximum absolute atomic E-state index is 5.50. The van der Waals surface area contributed by atoms with Gasteiger partial charge in [0.05, 0.1) is 8.07 Å². The van der Waals surface area contributed by atoms with Crippen LogP contribution in [0.15, 0.2) is 0 Å². The molecule has 0 radical (unpaired) electrons. The maximum Gasteiger partial charge on any atom is 0.0527 e. The Labute approximate surface area is 130 Å². The molecule has 0 atom stereocenters. The lowest BCUT2D eigenvalue weighted by Crippen LogP contribution is -2.30. The number of hydrogen-bond acceptors (Lipinski definition) is 1. The summed E-state index contributed by atoms with van der Waals surface area (Å²) in [5, 5.41) is 0. The van der Waals surface area contributed by atoms with Crippen molar-refractivity contribution in [2.75, 3.05) is 6.54 Å². The van der Waals surface area contributed by atoms with Gasteiger partial charge >= 0.3 is 0 Å². The predicted octanol–water partition coefficient (Wildman–Crippen LogP) is 6.35. The minimum atomic E-state index is -0.822. The van der Waals surface area contributed by atoms with Crippen molar-refractivity contribution in [3.8, 4) is 0 Å². The second-order valence-electron chi connectivity index (χ2n) is 6.63. The molecule has 0 aliphatic heterocycles. The Kier molecular flexibility index (Phi) is 14.3. The lowest BCUT2D eigenvalue weighted by Gasteiger charge is -2.28. The Bertz CT molecular complexity index is 182. The van der Waals surface area contributed by atoms with Gasteiger partial charge < -0.3 is 5.73 Å². The number of unbranched alkanes of at least 4 members (excludes halogenated alkanes) is 9. The molecule has 2 heteroatoms. The summed E-state index contributed by atoms with van der Waals surface area (Å²) >= 11 is 0. The topological polar surface area (TPSA) is 26.0 Å². The summed E-state index contributed by atoms with van der Waals surface area (Å²) in [5.41, 5.74) is 5.50. The van der Waals surface area contributed by atoms with E-state index >= 15 is 0 Å². The summed E-state index contributed by atoms with van der Waals surface area (Å²) in [6, 6.07) is 6.10. The van der Waals surface area contributed by atoms with Gasteiger partial charge in [-0.2, -0.15) is 0 Å². The predicted molar refractivity (Wildman–Crippen MR) is 97.2 cm³/mol. The minimum absolute atomic E-state index is 0.822. The number of hydrogen-bond donors (Lipinski definition) is 1. The zero-order chi connectivity index (χ0) is 15.1. The fourth-order valence-electron chi connectivity index (χ4n) is 3.34. The average molecular weight is 300 g/mol. The molecule has 0 aromatic carbocycles. The molecular formula is C18H41NSi. The Morgan fingerprint density at radius 3 is 1.25 bits per heavy atom. The van der Waals surface area contributed by atoms with Crippen LogP contribution in [-0.4, -0.2) is 14.6 Å². The van der Waals surface area contributed by atoms with Crippen LogP contribution in [0.5, 0.6) is 0 Å². The highest BCUT2D eigenvalue weighted by molar-refractivity contribution is 6.79. The van der Waals surface area contributed by atoms with E-state index in [2.05, 4.69) is 20.8 Å². The molecule has 0 heterocycles. The third-order valence-corrected chi connectivity index (χ3v) is 11.3. The van der Waals surface area contributed by atoms with Crippen LogP contribution in [0, 0.1) is 0 Å². The van der Waals surface area contributed by atoms with E-state index in [9.17, 15) is 0 Å². The smallest absolute Gasteiger partial charge is 0.0527 e. The van der Waals surface area contributed by atoms with E-state index in [0.29, 0.717) is 0 Å². The lowest BCUT2D eigenvalue weighted by molar-refractivity contribution is 0.557. The van der Waals surface area contributed by atoms with Crippen LogP contribution in [-0.2, 0) is 0 Å². The van der Waals surface area contributed by atoms with Gasteiger partial charge in [0.25, 0.3) is 0 Å². The summed E-state index contributed by atoms with van der Waals surface area (Å²) in [6.07, 6.45) is 14.2. The quantitative estimate of drug-likeness (QED) is 0.276. The van der Waals surface area contributed by atoms with Crippen LogP contribution < -0.4 is 5.73 Å². The fraction of sp³-hybridized carbons (Fsp3) is 1.00. The van der Waals surface area contributed by atoms with Gasteiger partial charge in [-0.05, 0) is 13.0 Å². The molecule has 0 aliphatic carbocycles. The molecule has 0 aliphatic rings. The zero-order valence-electron chi connectivity index (χ0n) is 14.7. The molecule has 0 aromatic rings. The van der Waals surface area contributed by atoms with Gasteiger partial charge in [0.15, 0.2) is 0 Å². The first kappa shape index (κ1) is 20.2. The number of nitrogens with two attached hydrogens (primary N) is 1. The van der Waals surface area contributed by atoms with Crippen LogP contribution in [0.2, 0.25) is 24.2 Å². The van der Waals surface area contributed by atoms with Crippen LogP contribution in [0.25, 0.3) is 0 Å². The van der Waals surface area contributed by atoms with Gasteiger partial charge in [0, 0.05) is 0 Å². The van der Waals surface area contributed by atoms with Gasteiger partial charge in [-0.25, -0.2) is 0 Å². The standard InChI is InChI=1S/C18H41NSi/c1-4-20(5-2,6-3)18-16-14-12-10-8-7-9-11-13-15-17-19/h4-19H2,1-3H3. The van der Waals surface area contributed by atoms with Crippen molar-refractivity contribution in [3.63, 3.8) is 0 Å². The van der Waals surface area contributed by atoms with Crippen molar-refractivity contribution in [1.82, 2.24) is 0 Å². The van der Waals surface area contributed by atoms with E-state index in [4.69, 9.17) is 5.73 Å². The van der Waals surface area contributed by atoms with Crippen LogP contribution in [0.1, 0.15) is 85.0 Å². The first-order valence-electron chi connectivity index (χ1n) is 9.44. The second kappa shape index (κ2) is 14.1. The molecule has 0 saturated heterocycles. The van der Waals surface area contributed by atoms with E-state index in [-0.39, 0.29) is 0 Å². The molecule has 0 saturated carbocycles. The van der Waals surface area contributed by atoms with Gasteiger partial charge in [-0.15, -0.1) is 0 Å². The molecule has 2 N–H and O–H groups in total. The normalized spacial score (nSPS) is 12.0. The van der Waals surface area contributed by atoms with Gasteiger partial charge in [-0.3, -0.25) is 0 Å².